The molecular formula is C19H25F3N4O4. The molecule has 0 unspecified atom stereocenters. The molecule has 3 aliphatic rings. The Hall–Kier alpha value is -2.27. The molecule has 1 aromatic heterocycles. The van der Waals surface area contributed by atoms with Gasteiger partial charge in [0.1, 0.15) is 5.69 Å². The van der Waals surface area contributed by atoms with E-state index in [0.29, 0.717) is 17.5 Å². The molecule has 166 valence electrons. The van der Waals surface area contributed by atoms with Crippen LogP contribution in [0.15, 0.2) is 18.6 Å². The Morgan fingerprint density at radius 1 is 1.20 bits per heavy atom. The lowest BCUT2D eigenvalue weighted by Crippen LogP contribution is -2.47. The number of likely N-dealkylation sites (tertiary alicyclic amines) is 2. The van der Waals surface area contributed by atoms with E-state index >= 15 is 0 Å². The fraction of sp³-hybridized carbons (Fsp3) is 0.684. The van der Waals surface area contributed by atoms with Crippen LogP contribution in [0, 0.1) is 11.8 Å². The maximum atomic E-state index is 12.6. The van der Waals surface area contributed by atoms with Gasteiger partial charge in [0.25, 0.3) is 5.91 Å². The largest absolute Gasteiger partial charge is 0.490 e. The van der Waals surface area contributed by atoms with Gasteiger partial charge in [-0.25, -0.2) is 9.78 Å². The number of piperidine rings is 1. The summed E-state index contributed by atoms with van der Waals surface area (Å²) in [5, 5.41) is 7.12. The number of carboxylic acid groups (broad SMARTS) is 1. The normalized spacial score (nSPS) is 26.6. The summed E-state index contributed by atoms with van der Waals surface area (Å²) in [5.41, 5.74) is 0.445. The van der Waals surface area contributed by atoms with Gasteiger partial charge in [-0.3, -0.25) is 9.78 Å². The van der Waals surface area contributed by atoms with Crippen molar-refractivity contribution < 1.29 is 32.6 Å². The van der Waals surface area contributed by atoms with Crippen molar-refractivity contribution >= 4 is 11.9 Å². The molecule has 0 aromatic carbocycles. The minimum atomic E-state index is -5.08. The second-order valence-electron chi connectivity index (χ2n) is 7.74. The van der Waals surface area contributed by atoms with Gasteiger partial charge in [-0.05, 0) is 38.3 Å². The SMILES string of the molecule is O=C(O)C(F)(F)F.O=C(c1cnccn1)N1CC[C@@H]2CO[C@@H](CN3CCCC3)[C@@H]2C1. The minimum absolute atomic E-state index is 0.00312. The Balaban J connectivity index is 0.000000318. The van der Waals surface area contributed by atoms with E-state index in [4.69, 9.17) is 14.6 Å². The molecule has 0 bridgehead atoms. The maximum Gasteiger partial charge on any atom is 0.490 e. The second kappa shape index (κ2) is 9.69. The standard InChI is InChI=1S/C17H24N4O2.C2HF3O2/c22-17(15-9-18-4-5-19-15)21-8-3-13-12-23-16(14(13)10-21)11-20-6-1-2-7-20;3-2(4,5)1(6)7/h4-5,9,13-14,16H,1-3,6-8,10-12H2;(H,6,7)/t13-,14-,16+;/m1./s1. The number of halogens is 3. The lowest BCUT2D eigenvalue weighted by atomic mass is 9.84. The van der Waals surface area contributed by atoms with Crippen LogP contribution in [0.4, 0.5) is 13.2 Å². The molecule has 3 fully saturated rings. The summed E-state index contributed by atoms with van der Waals surface area (Å²) in [6.45, 7) is 5.86. The average Bonchev–Trinajstić information content (AvgIpc) is 3.38. The highest BCUT2D eigenvalue weighted by Crippen LogP contribution is 2.35. The first kappa shape index (κ1) is 22.4. The summed E-state index contributed by atoms with van der Waals surface area (Å²) in [4.78, 5) is 34.1. The lowest BCUT2D eigenvalue weighted by molar-refractivity contribution is -0.192. The molecule has 4 heterocycles. The summed E-state index contributed by atoms with van der Waals surface area (Å²) in [5.74, 6) is -1.69. The first-order valence-electron chi connectivity index (χ1n) is 9.95. The van der Waals surface area contributed by atoms with Gasteiger partial charge in [0.05, 0.1) is 18.9 Å². The molecule has 0 spiro atoms. The van der Waals surface area contributed by atoms with Crippen molar-refractivity contribution in [1.29, 1.82) is 0 Å². The van der Waals surface area contributed by atoms with E-state index in [1.54, 1.807) is 18.6 Å². The molecule has 0 aliphatic carbocycles. The molecular weight excluding hydrogens is 405 g/mol. The predicted octanol–water partition coefficient (Wildman–Crippen LogP) is 1.68. The van der Waals surface area contributed by atoms with E-state index in [1.807, 2.05) is 4.90 Å². The van der Waals surface area contributed by atoms with Gasteiger partial charge in [-0.2, -0.15) is 13.2 Å². The van der Waals surface area contributed by atoms with Gasteiger partial charge in [0.2, 0.25) is 0 Å². The monoisotopic (exact) mass is 430 g/mol. The molecule has 3 atom stereocenters. The van der Waals surface area contributed by atoms with Gasteiger partial charge in [0, 0.05) is 37.9 Å². The molecule has 1 aromatic rings. The number of nitrogens with zero attached hydrogens (tertiary/aromatic N) is 4. The van der Waals surface area contributed by atoms with Crippen LogP contribution >= 0.6 is 0 Å². The zero-order chi connectivity index (χ0) is 21.7. The topological polar surface area (TPSA) is 95.9 Å². The molecule has 1 N–H and O–H groups in total. The van der Waals surface area contributed by atoms with Crippen molar-refractivity contribution in [2.24, 2.45) is 11.8 Å². The van der Waals surface area contributed by atoms with Gasteiger partial charge < -0.3 is 19.6 Å². The smallest absolute Gasteiger partial charge is 0.475 e. The number of amides is 1. The van der Waals surface area contributed by atoms with Crippen molar-refractivity contribution in [3.05, 3.63) is 24.3 Å². The molecule has 4 rings (SSSR count). The van der Waals surface area contributed by atoms with Gasteiger partial charge in [-0.15, -0.1) is 0 Å². The Morgan fingerprint density at radius 2 is 1.90 bits per heavy atom. The van der Waals surface area contributed by atoms with Crippen LogP contribution < -0.4 is 0 Å². The second-order valence-corrected chi connectivity index (χ2v) is 7.74. The summed E-state index contributed by atoms with van der Waals surface area (Å²) in [6.07, 6.45) is 3.56. The Bertz CT molecular complexity index is 728. The van der Waals surface area contributed by atoms with Crippen LogP contribution in [0.25, 0.3) is 0 Å². The quantitative estimate of drug-likeness (QED) is 0.780. The van der Waals surface area contributed by atoms with E-state index in [-0.39, 0.29) is 12.0 Å². The van der Waals surface area contributed by atoms with E-state index in [2.05, 4.69) is 14.9 Å². The predicted molar refractivity (Wildman–Crippen MR) is 98.6 cm³/mol. The number of fused-ring (bicyclic) bond motifs is 1. The van der Waals surface area contributed by atoms with Gasteiger partial charge >= 0.3 is 12.1 Å². The summed E-state index contributed by atoms with van der Waals surface area (Å²) >= 11 is 0. The number of rotatable bonds is 3. The molecule has 3 saturated heterocycles. The molecule has 30 heavy (non-hydrogen) atoms. The number of hydrogen-bond donors (Lipinski definition) is 1. The number of carboxylic acids is 1. The number of carbonyl (C=O) groups excluding carboxylic acids is 1. The number of hydrogen-bond acceptors (Lipinski definition) is 6. The van der Waals surface area contributed by atoms with E-state index in [0.717, 1.165) is 32.7 Å². The van der Waals surface area contributed by atoms with Crippen LogP contribution in [0.5, 0.6) is 0 Å². The Kier molecular flexibility index (Phi) is 7.24. The average molecular weight is 430 g/mol. The van der Waals surface area contributed by atoms with Crippen molar-refractivity contribution in [2.75, 3.05) is 39.3 Å². The van der Waals surface area contributed by atoms with E-state index < -0.39 is 12.1 Å². The molecule has 8 nitrogen and oxygen atoms in total. The van der Waals surface area contributed by atoms with Crippen molar-refractivity contribution in [2.45, 2.75) is 31.5 Å². The number of aliphatic carboxylic acids is 1. The minimum Gasteiger partial charge on any atom is -0.475 e. The number of alkyl halides is 3. The highest BCUT2D eigenvalue weighted by molar-refractivity contribution is 5.92. The fourth-order valence-corrected chi connectivity index (χ4v) is 4.19. The third-order valence-corrected chi connectivity index (χ3v) is 5.76. The Morgan fingerprint density at radius 3 is 2.50 bits per heavy atom. The highest BCUT2D eigenvalue weighted by atomic mass is 19.4. The molecule has 0 radical (unpaired) electrons. The summed E-state index contributed by atoms with van der Waals surface area (Å²) in [6, 6.07) is 0. The number of ether oxygens (including phenoxy) is 1. The first-order chi connectivity index (χ1) is 14.3. The molecule has 3 aliphatic heterocycles. The van der Waals surface area contributed by atoms with Crippen LogP contribution in [0.2, 0.25) is 0 Å². The van der Waals surface area contributed by atoms with Crippen LogP contribution in [0.3, 0.4) is 0 Å². The van der Waals surface area contributed by atoms with Crippen molar-refractivity contribution in [1.82, 2.24) is 19.8 Å². The van der Waals surface area contributed by atoms with E-state index in [1.165, 1.54) is 25.9 Å². The van der Waals surface area contributed by atoms with Crippen LogP contribution in [-0.4, -0.2) is 88.4 Å². The number of carbonyl (C=O) groups is 2. The first-order valence-corrected chi connectivity index (χ1v) is 9.95. The molecule has 1 amide bonds. The zero-order valence-electron chi connectivity index (χ0n) is 16.4. The highest BCUT2D eigenvalue weighted by Gasteiger charge is 2.43. The third-order valence-electron chi connectivity index (χ3n) is 5.76. The number of aromatic nitrogens is 2. The van der Waals surface area contributed by atoms with Gasteiger partial charge in [-0.1, -0.05) is 0 Å². The van der Waals surface area contributed by atoms with Crippen LogP contribution in [0.1, 0.15) is 29.8 Å². The van der Waals surface area contributed by atoms with Crippen molar-refractivity contribution in [3.8, 4) is 0 Å². The van der Waals surface area contributed by atoms with E-state index in [9.17, 15) is 18.0 Å². The Labute approximate surface area is 172 Å². The summed E-state index contributed by atoms with van der Waals surface area (Å²) in [7, 11) is 0. The summed E-state index contributed by atoms with van der Waals surface area (Å²) < 4.78 is 37.8. The van der Waals surface area contributed by atoms with Gasteiger partial charge in [0.15, 0.2) is 0 Å². The molecule has 0 saturated carbocycles. The fourth-order valence-electron chi connectivity index (χ4n) is 4.19. The molecule has 11 heteroatoms. The van der Waals surface area contributed by atoms with Crippen molar-refractivity contribution in [3.63, 3.8) is 0 Å². The maximum absolute atomic E-state index is 12.6. The third kappa shape index (κ3) is 5.66. The lowest BCUT2D eigenvalue weighted by Gasteiger charge is -2.36. The van der Waals surface area contributed by atoms with Crippen LogP contribution in [-0.2, 0) is 9.53 Å². The zero-order valence-corrected chi connectivity index (χ0v) is 16.4.